The van der Waals surface area contributed by atoms with Gasteiger partial charge in [-0.15, -0.1) is 0 Å². The van der Waals surface area contributed by atoms with Crippen molar-refractivity contribution in [3.05, 3.63) is 77.2 Å². The van der Waals surface area contributed by atoms with E-state index in [1.165, 1.54) is 27.8 Å². The molecule has 0 N–H and O–H groups in total. The molecule has 1 fully saturated rings. The molecule has 9 heteroatoms. The highest BCUT2D eigenvalue weighted by Crippen LogP contribution is 2.34. The van der Waals surface area contributed by atoms with Gasteiger partial charge in [-0.3, -0.25) is 9.69 Å². The third-order valence-electron chi connectivity index (χ3n) is 6.02. The quantitative estimate of drug-likeness (QED) is 0.355. The molecular formula is C25H25N3O4S2. The summed E-state index contributed by atoms with van der Waals surface area (Å²) in [6, 6.07) is 13.9. The minimum atomic E-state index is -3.57. The largest absolute Gasteiger partial charge is 0.467 e. The third kappa shape index (κ3) is 4.26. The van der Waals surface area contributed by atoms with E-state index in [4.69, 9.17) is 9.40 Å². The van der Waals surface area contributed by atoms with Crippen molar-refractivity contribution < 1.29 is 17.6 Å². The lowest BCUT2D eigenvalue weighted by Gasteiger charge is -2.19. The molecule has 2 heterocycles. The number of anilines is 1. The summed E-state index contributed by atoms with van der Waals surface area (Å²) in [5.41, 5.74) is 3.45. The van der Waals surface area contributed by atoms with Gasteiger partial charge in [-0.2, -0.15) is 4.31 Å². The number of hydrogen-bond acceptors (Lipinski definition) is 6. The molecule has 4 aromatic rings. The highest BCUT2D eigenvalue weighted by Gasteiger charge is 2.35. The number of fused-ring (bicyclic) bond motifs is 1. The number of thiazole rings is 1. The van der Waals surface area contributed by atoms with Crippen LogP contribution >= 0.6 is 11.3 Å². The number of benzene rings is 2. The van der Waals surface area contributed by atoms with Gasteiger partial charge in [0.15, 0.2) is 5.13 Å². The van der Waals surface area contributed by atoms with Crippen LogP contribution in [0.25, 0.3) is 10.2 Å². The molecule has 1 amide bonds. The van der Waals surface area contributed by atoms with E-state index in [1.54, 1.807) is 36.4 Å². The van der Waals surface area contributed by atoms with Gasteiger partial charge in [-0.25, -0.2) is 13.4 Å². The van der Waals surface area contributed by atoms with E-state index >= 15 is 0 Å². The second-order valence-corrected chi connectivity index (χ2v) is 11.6. The Hall–Kier alpha value is -3.01. The summed E-state index contributed by atoms with van der Waals surface area (Å²) in [4.78, 5) is 20.1. The zero-order valence-corrected chi connectivity index (χ0v) is 20.8. The molecule has 7 nitrogen and oxygen atoms in total. The van der Waals surface area contributed by atoms with Crippen LogP contribution in [0.2, 0.25) is 0 Å². The smallest absolute Gasteiger partial charge is 0.260 e. The Bertz CT molecular complexity index is 1450. The fourth-order valence-electron chi connectivity index (χ4n) is 3.99. The summed E-state index contributed by atoms with van der Waals surface area (Å²) in [5.74, 6) is 0.357. The van der Waals surface area contributed by atoms with Crippen molar-refractivity contribution in [2.45, 2.75) is 44.2 Å². The molecule has 1 aliphatic carbocycles. The molecule has 2 aromatic heterocycles. The van der Waals surface area contributed by atoms with Gasteiger partial charge in [0.25, 0.3) is 5.91 Å². The van der Waals surface area contributed by atoms with E-state index in [2.05, 4.69) is 6.07 Å². The van der Waals surface area contributed by atoms with E-state index < -0.39 is 10.0 Å². The van der Waals surface area contributed by atoms with Crippen LogP contribution in [0.15, 0.2) is 64.1 Å². The first-order valence-electron chi connectivity index (χ1n) is 11.0. The lowest BCUT2D eigenvalue weighted by atomic mass is 10.1. The molecule has 0 atom stereocenters. The van der Waals surface area contributed by atoms with Crippen LogP contribution in [0.5, 0.6) is 0 Å². The average Bonchev–Trinajstić information content (AvgIpc) is 3.36. The second kappa shape index (κ2) is 8.65. The minimum absolute atomic E-state index is 0.0706. The first-order chi connectivity index (χ1) is 16.2. The summed E-state index contributed by atoms with van der Waals surface area (Å²) < 4.78 is 33.6. The van der Waals surface area contributed by atoms with E-state index in [1.807, 2.05) is 26.0 Å². The topological polar surface area (TPSA) is 83.7 Å². The van der Waals surface area contributed by atoms with Gasteiger partial charge in [0, 0.05) is 18.7 Å². The maximum atomic E-state index is 13.6. The van der Waals surface area contributed by atoms with E-state index in [0.717, 1.165) is 34.2 Å². The van der Waals surface area contributed by atoms with Gasteiger partial charge in [-0.05, 0) is 80.3 Å². The molecule has 2 aromatic carbocycles. The Morgan fingerprint density at radius 1 is 1.15 bits per heavy atom. The van der Waals surface area contributed by atoms with E-state index in [0.29, 0.717) is 16.5 Å². The second-order valence-electron chi connectivity index (χ2n) is 8.67. The number of aryl methyl sites for hydroxylation is 2. The van der Waals surface area contributed by atoms with Crippen LogP contribution in [-0.4, -0.2) is 36.7 Å². The molecular weight excluding hydrogens is 470 g/mol. The fourth-order valence-corrected chi connectivity index (χ4v) is 6.42. The summed E-state index contributed by atoms with van der Waals surface area (Å²) in [5, 5.41) is 0.565. The van der Waals surface area contributed by atoms with Crippen LogP contribution in [0.4, 0.5) is 5.13 Å². The van der Waals surface area contributed by atoms with Gasteiger partial charge in [0.05, 0.1) is 27.9 Å². The molecule has 0 unspecified atom stereocenters. The highest BCUT2D eigenvalue weighted by molar-refractivity contribution is 7.89. The maximum absolute atomic E-state index is 13.6. The standard InChI is InChI=1S/C25H25N3O4S2/c1-16-13-17(2)23-22(14-16)26-25(33-23)28(15-20-5-4-12-32-20)24(29)18-6-10-21(11-7-18)34(30,31)27(3)19-8-9-19/h4-7,10-14,19H,8-9,15H2,1-3H3. The number of nitrogens with zero attached hydrogens (tertiary/aromatic N) is 3. The Balaban J connectivity index is 1.49. The number of amides is 1. The fraction of sp³-hybridized carbons (Fsp3) is 0.280. The van der Waals surface area contributed by atoms with Gasteiger partial charge < -0.3 is 4.42 Å². The van der Waals surface area contributed by atoms with Crippen molar-refractivity contribution in [1.82, 2.24) is 9.29 Å². The monoisotopic (exact) mass is 495 g/mol. The molecule has 0 bridgehead atoms. The van der Waals surface area contributed by atoms with Crippen molar-refractivity contribution in [2.75, 3.05) is 11.9 Å². The molecule has 1 aliphatic rings. The van der Waals surface area contributed by atoms with Crippen molar-refractivity contribution in [3.8, 4) is 0 Å². The summed E-state index contributed by atoms with van der Waals surface area (Å²) >= 11 is 1.46. The zero-order chi connectivity index (χ0) is 24.0. The predicted octanol–water partition coefficient (Wildman–Crippen LogP) is 5.14. The number of rotatable bonds is 7. The SMILES string of the molecule is Cc1cc(C)c2sc(N(Cc3ccco3)C(=O)c3ccc(S(=O)(=O)N(C)C4CC4)cc3)nc2c1. The third-order valence-corrected chi connectivity index (χ3v) is 9.17. The number of carbonyl (C=O) groups is 1. The Morgan fingerprint density at radius 2 is 1.88 bits per heavy atom. The zero-order valence-electron chi connectivity index (χ0n) is 19.2. The maximum Gasteiger partial charge on any atom is 0.260 e. The number of carbonyl (C=O) groups excluding carboxylic acids is 1. The van der Waals surface area contributed by atoms with Crippen molar-refractivity contribution in [1.29, 1.82) is 0 Å². The lowest BCUT2D eigenvalue weighted by molar-refractivity contribution is 0.0983. The van der Waals surface area contributed by atoms with Crippen molar-refractivity contribution in [2.24, 2.45) is 0 Å². The number of aromatic nitrogens is 1. The van der Waals surface area contributed by atoms with Gasteiger partial charge in [-0.1, -0.05) is 17.4 Å². The van der Waals surface area contributed by atoms with Crippen molar-refractivity contribution in [3.63, 3.8) is 0 Å². The first-order valence-corrected chi connectivity index (χ1v) is 13.3. The average molecular weight is 496 g/mol. The molecule has 0 radical (unpaired) electrons. The number of sulfonamides is 1. The number of furan rings is 1. The Morgan fingerprint density at radius 3 is 2.53 bits per heavy atom. The highest BCUT2D eigenvalue weighted by atomic mass is 32.2. The van der Waals surface area contributed by atoms with E-state index in [9.17, 15) is 13.2 Å². The molecule has 34 heavy (non-hydrogen) atoms. The normalized spacial score (nSPS) is 14.1. The van der Waals surface area contributed by atoms with Crippen LogP contribution in [0, 0.1) is 13.8 Å². The van der Waals surface area contributed by atoms with Crippen LogP contribution < -0.4 is 4.90 Å². The van der Waals surface area contributed by atoms with Gasteiger partial charge >= 0.3 is 0 Å². The van der Waals surface area contributed by atoms with Crippen LogP contribution in [-0.2, 0) is 16.6 Å². The predicted molar refractivity (Wildman–Crippen MR) is 133 cm³/mol. The number of hydrogen-bond donors (Lipinski definition) is 0. The van der Waals surface area contributed by atoms with Gasteiger partial charge in [0.2, 0.25) is 10.0 Å². The van der Waals surface area contributed by atoms with Crippen molar-refractivity contribution >= 4 is 42.6 Å². The van der Waals surface area contributed by atoms with Crippen LogP contribution in [0.1, 0.15) is 40.1 Å². The molecule has 0 spiro atoms. The molecule has 5 rings (SSSR count). The minimum Gasteiger partial charge on any atom is -0.467 e. The molecule has 176 valence electrons. The summed E-state index contributed by atoms with van der Waals surface area (Å²) in [6.45, 7) is 4.27. The Labute approximate surface area is 202 Å². The molecule has 0 aliphatic heterocycles. The van der Waals surface area contributed by atoms with Gasteiger partial charge in [0.1, 0.15) is 5.76 Å². The first kappa shape index (κ1) is 22.8. The van der Waals surface area contributed by atoms with Crippen LogP contribution in [0.3, 0.4) is 0 Å². The van der Waals surface area contributed by atoms with E-state index in [-0.39, 0.29) is 23.4 Å². The Kier molecular flexibility index (Phi) is 5.79. The summed E-state index contributed by atoms with van der Waals surface area (Å²) in [6.07, 6.45) is 3.34. The molecule has 0 saturated heterocycles. The summed E-state index contributed by atoms with van der Waals surface area (Å²) in [7, 11) is -1.97. The lowest BCUT2D eigenvalue weighted by Crippen LogP contribution is -2.31. The molecule has 1 saturated carbocycles.